The van der Waals surface area contributed by atoms with Gasteiger partial charge in [0.2, 0.25) is 5.91 Å². The van der Waals surface area contributed by atoms with Crippen LogP contribution >= 0.6 is 0 Å². The van der Waals surface area contributed by atoms with Gasteiger partial charge in [0.1, 0.15) is 0 Å². The average molecular weight is 342 g/mol. The van der Waals surface area contributed by atoms with Gasteiger partial charge in [-0.2, -0.15) is 0 Å². The number of carboxylic acids is 1. The van der Waals surface area contributed by atoms with Gasteiger partial charge >= 0.3 is 5.97 Å². The summed E-state index contributed by atoms with van der Waals surface area (Å²) in [5.74, 6) is -0.722. The fraction of sp³-hybridized carbons (Fsp3) is 0.789. The highest BCUT2D eigenvalue weighted by Crippen LogP contribution is 2.11. The first-order valence-electron chi connectivity index (χ1n) is 9.20. The summed E-state index contributed by atoms with van der Waals surface area (Å²) >= 11 is 0. The van der Waals surface area contributed by atoms with Gasteiger partial charge in [0.25, 0.3) is 0 Å². The van der Waals surface area contributed by atoms with Crippen molar-refractivity contribution in [2.24, 2.45) is 0 Å². The fourth-order valence-corrected chi connectivity index (χ4v) is 2.84. The molecule has 140 valence electrons. The summed E-state index contributed by atoms with van der Waals surface area (Å²) in [5.41, 5.74) is 0. The maximum Gasteiger partial charge on any atom is 0.359 e. The van der Waals surface area contributed by atoms with E-state index in [1.54, 1.807) is 4.90 Å². The number of likely N-dealkylation sites (N-methyl/N-ethyl adjacent to an activating group) is 2. The van der Waals surface area contributed by atoms with E-state index < -0.39 is 5.97 Å². The molecule has 0 aromatic heterocycles. The van der Waals surface area contributed by atoms with E-state index in [1.807, 2.05) is 21.1 Å². The van der Waals surface area contributed by atoms with Crippen LogP contribution in [0.2, 0.25) is 0 Å². The molecule has 0 saturated heterocycles. The minimum Gasteiger partial charge on any atom is -0.477 e. The Kier molecular flexibility index (Phi) is 12.3. The molecule has 0 aromatic carbocycles. The molecule has 0 aliphatic carbocycles. The molecule has 0 aliphatic rings. The number of amides is 1. The van der Waals surface area contributed by atoms with Gasteiger partial charge in [0.15, 0.2) is 6.54 Å². The van der Waals surface area contributed by atoms with Crippen molar-refractivity contribution in [2.45, 2.75) is 57.8 Å². The number of carbonyl (C=O) groups excluding carboxylic acids is 1. The van der Waals surface area contributed by atoms with Crippen molar-refractivity contribution in [1.29, 1.82) is 0 Å². The van der Waals surface area contributed by atoms with E-state index in [0.29, 0.717) is 4.48 Å². The van der Waals surface area contributed by atoms with Gasteiger partial charge in [0.05, 0.1) is 20.6 Å². The molecule has 0 spiro atoms. The minimum absolute atomic E-state index is 0.000143. The second-order valence-electron chi connectivity index (χ2n) is 7.36. The van der Waals surface area contributed by atoms with Crippen molar-refractivity contribution >= 4 is 11.9 Å². The number of unbranched alkanes of at least 4 members (excludes halogenated alkanes) is 8. The molecule has 0 aliphatic heterocycles. The summed E-state index contributed by atoms with van der Waals surface area (Å²) in [6, 6.07) is 0. The summed E-state index contributed by atoms with van der Waals surface area (Å²) in [7, 11) is 5.78. The third-order valence-corrected chi connectivity index (χ3v) is 4.37. The van der Waals surface area contributed by atoms with Crippen molar-refractivity contribution < 1.29 is 19.2 Å². The van der Waals surface area contributed by atoms with Crippen molar-refractivity contribution in [3.63, 3.8) is 0 Å². The first-order chi connectivity index (χ1) is 11.3. The van der Waals surface area contributed by atoms with E-state index in [0.717, 1.165) is 25.9 Å². The minimum atomic E-state index is -0.722. The number of hydrogen-bond donors (Lipinski definition) is 1. The average Bonchev–Trinajstić information content (AvgIpc) is 2.50. The molecule has 1 N–H and O–H groups in total. The molecule has 0 unspecified atom stereocenters. The van der Waals surface area contributed by atoms with Gasteiger partial charge in [-0.15, -0.1) is 0 Å². The number of carbonyl (C=O) groups is 2. The largest absolute Gasteiger partial charge is 0.477 e. The molecule has 0 rings (SSSR count). The SMILES string of the molecule is C=CC(=O)N(C)CCCCCCCCCCC[N+](C)(C)CC(=O)O. The Labute approximate surface area is 147 Å². The summed E-state index contributed by atoms with van der Waals surface area (Å²) in [5, 5.41) is 8.84. The van der Waals surface area contributed by atoms with Crippen molar-refractivity contribution in [3.05, 3.63) is 12.7 Å². The Balaban J connectivity index is 3.38. The van der Waals surface area contributed by atoms with E-state index in [2.05, 4.69) is 6.58 Å². The van der Waals surface area contributed by atoms with Gasteiger partial charge in [-0.25, -0.2) is 4.79 Å². The highest BCUT2D eigenvalue weighted by atomic mass is 16.4. The highest BCUT2D eigenvalue weighted by molar-refractivity contribution is 5.86. The molecule has 0 saturated carbocycles. The monoisotopic (exact) mass is 341 g/mol. The van der Waals surface area contributed by atoms with Crippen LogP contribution in [0.4, 0.5) is 0 Å². The Morgan fingerprint density at radius 3 is 1.88 bits per heavy atom. The predicted octanol–water partition coefficient (Wildman–Crippen LogP) is 3.30. The lowest BCUT2D eigenvalue weighted by Gasteiger charge is -2.27. The van der Waals surface area contributed by atoms with Crippen molar-refractivity contribution in [2.75, 3.05) is 40.8 Å². The summed E-state index contributed by atoms with van der Waals surface area (Å²) in [6.45, 7) is 5.44. The molecule has 0 radical (unpaired) electrons. The van der Waals surface area contributed by atoms with E-state index in [-0.39, 0.29) is 12.5 Å². The van der Waals surface area contributed by atoms with Crippen LogP contribution < -0.4 is 0 Å². The predicted molar refractivity (Wildman–Crippen MR) is 98.9 cm³/mol. The molecular weight excluding hydrogens is 304 g/mol. The van der Waals surface area contributed by atoms with Gasteiger partial charge in [-0.3, -0.25) is 4.79 Å². The van der Waals surface area contributed by atoms with Crippen LogP contribution in [0.15, 0.2) is 12.7 Å². The van der Waals surface area contributed by atoms with Gasteiger partial charge in [-0.05, 0) is 25.3 Å². The van der Waals surface area contributed by atoms with Crippen LogP contribution in [0.25, 0.3) is 0 Å². The second kappa shape index (κ2) is 13.0. The van der Waals surface area contributed by atoms with E-state index in [1.165, 1.54) is 51.0 Å². The van der Waals surface area contributed by atoms with Crippen LogP contribution in [0.1, 0.15) is 57.8 Å². The topological polar surface area (TPSA) is 57.6 Å². The summed E-state index contributed by atoms with van der Waals surface area (Å²) < 4.78 is 0.568. The normalized spacial score (nSPS) is 11.3. The third kappa shape index (κ3) is 13.1. The maximum absolute atomic E-state index is 11.3. The molecule has 0 bridgehead atoms. The van der Waals surface area contributed by atoms with Gasteiger partial charge in [0, 0.05) is 13.6 Å². The Morgan fingerprint density at radius 1 is 0.958 bits per heavy atom. The fourth-order valence-electron chi connectivity index (χ4n) is 2.84. The molecule has 5 nitrogen and oxygen atoms in total. The Bertz CT molecular complexity index is 381. The van der Waals surface area contributed by atoms with Gasteiger partial charge in [-0.1, -0.05) is 45.1 Å². The van der Waals surface area contributed by atoms with E-state index >= 15 is 0 Å². The zero-order chi connectivity index (χ0) is 18.4. The zero-order valence-corrected chi connectivity index (χ0v) is 15.9. The molecule has 0 atom stereocenters. The first kappa shape index (κ1) is 22.6. The smallest absolute Gasteiger partial charge is 0.359 e. The second-order valence-corrected chi connectivity index (χ2v) is 7.36. The standard InChI is InChI=1S/C19H36N2O3/c1-5-18(22)20(2)15-13-11-9-7-6-8-10-12-14-16-21(3,4)17-19(23)24/h5H,1,6-17H2,2-4H3/p+1. The molecular formula is C19H37N2O3+. The Hall–Kier alpha value is -1.36. The highest BCUT2D eigenvalue weighted by Gasteiger charge is 2.18. The number of nitrogens with zero attached hydrogens (tertiary/aromatic N) is 2. The number of hydrogen-bond acceptors (Lipinski definition) is 2. The van der Waals surface area contributed by atoms with Gasteiger partial charge < -0.3 is 14.5 Å². The number of aliphatic carboxylic acids is 1. The maximum atomic E-state index is 11.3. The molecule has 0 fully saturated rings. The summed E-state index contributed by atoms with van der Waals surface area (Å²) in [6.07, 6.45) is 12.2. The first-order valence-corrected chi connectivity index (χ1v) is 9.20. The number of rotatable bonds is 15. The van der Waals surface area contributed by atoms with Crippen LogP contribution in [0.3, 0.4) is 0 Å². The quantitative estimate of drug-likeness (QED) is 0.282. The van der Waals surface area contributed by atoms with E-state index in [9.17, 15) is 9.59 Å². The molecule has 24 heavy (non-hydrogen) atoms. The van der Waals surface area contributed by atoms with Crippen LogP contribution in [-0.2, 0) is 9.59 Å². The van der Waals surface area contributed by atoms with Crippen LogP contribution in [-0.4, -0.2) is 67.1 Å². The third-order valence-electron chi connectivity index (χ3n) is 4.37. The lowest BCUT2D eigenvalue weighted by atomic mass is 10.1. The zero-order valence-electron chi connectivity index (χ0n) is 15.9. The number of carboxylic acid groups (broad SMARTS) is 1. The van der Waals surface area contributed by atoms with Crippen molar-refractivity contribution in [3.8, 4) is 0 Å². The summed E-state index contributed by atoms with van der Waals surface area (Å²) in [4.78, 5) is 23.8. The van der Waals surface area contributed by atoms with Crippen LogP contribution in [0, 0.1) is 0 Å². The number of quaternary nitrogens is 1. The lowest BCUT2D eigenvalue weighted by Crippen LogP contribution is -2.44. The molecule has 0 heterocycles. The lowest BCUT2D eigenvalue weighted by molar-refractivity contribution is -0.883. The molecule has 5 heteroatoms. The van der Waals surface area contributed by atoms with E-state index in [4.69, 9.17) is 5.11 Å². The molecule has 0 aromatic rings. The Morgan fingerprint density at radius 2 is 1.42 bits per heavy atom. The van der Waals surface area contributed by atoms with Crippen LogP contribution in [0.5, 0.6) is 0 Å². The molecule has 1 amide bonds. The van der Waals surface area contributed by atoms with Crippen molar-refractivity contribution in [1.82, 2.24) is 4.90 Å².